The third-order valence-electron chi connectivity index (χ3n) is 3.06. The predicted molar refractivity (Wildman–Crippen MR) is 60.9 cm³/mol. The lowest BCUT2D eigenvalue weighted by Crippen LogP contribution is -2.39. The number of primary amides is 1. The first-order chi connectivity index (χ1) is 7.68. The largest absolute Gasteiger partial charge is 0.369 e. The number of nitrogens with zero attached hydrogens (tertiary/aromatic N) is 3. The maximum Gasteiger partial charge on any atom is 0.220 e. The molecule has 0 atom stereocenters. The minimum Gasteiger partial charge on any atom is -0.369 e. The molecule has 1 aromatic heterocycles. The molecule has 1 amide bonds. The maximum atomic E-state index is 11.0. The van der Waals surface area contributed by atoms with E-state index >= 15 is 0 Å². The molecule has 0 aliphatic carbocycles. The molecule has 1 aliphatic heterocycles. The lowest BCUT2D eigenvalue weighted by atomic mass is 9.96. The van der Waals surface area contributed by atoms with E-state index in [2.05, 4.69) is 14.9 Å². The Bertz CT molecular complexity index is 385. The first-order valence-electron chi connectivity index (χ1n) is 5.49. The number of hydrogen-bond acceptors (Lipinski definition) is 4. The molecule has 86 valence electrons. The second kappa shape index (κ2) is 4.47. The van der Waals surface area contributed by atoms with Gasteiger partial charge in [0, 0.05) is 30.8 Å². The fraction of sp³-hybridized carbons (Fsp3) is 0.545. The van der Waals surface area contributed by atoms with Crippen LogP contribution in [0.25, 0.3) is 0 Å². The summed E-state index contributed by atoms with van der Waals surface area (Å²) in [6.45, 7) is 3.67. The average Bonchev–Trinajstić information content (AvgIpc) is 2.30. The highest BCUT2D eigenvalue weighted by Crippen LogP contribution is 2.23. The van der Waals surface area contributed by atoms with Gasteiger partial charge in [-0.05, 0) is 19.8 Å². The van der Waals surface area contributed by atoms with E-state index in [1.54, 1.807) is 6.33 Å². The molecule has 5 heteroatoms. The minimum atomic E-state index is -0.181. The van der Waals surface area contributed by atoms with Gasteiger partial charge in [-0.3, -0.25) is 4.79 Å². The maximum absolute atomic E-state index is 11.0. The third kappa shape index (κ3) is 2.13. The fourth-order valence-corrected chi connectivity index (χ4v) is 2.10. The first-order valence-corrected chi connectivity index (χ1v) is 5.49. The SMILES string of the molecule is Cc1cncnc1N1CCC(C(N)=O)CC1. The van der Waals surface area contributed by atoms with Gasteiger partial charge in [-0.2, -0.15) is 0 Å². The standard InChI is InChI=1S/C11H16N4O/c1-8-6-13-7-14-11(8)15-4-2-9(3-5-15)10(12)16/h6-7,9H,2-5H2,1H3,(H2,12,16). The van der Waals surface area contributed by atoms with Crippen LogP contribution in [0.15, 0.2) is 12.5 Å². The molecule has 1 saturated heterocycles. The van der Waals surface area contributed by atoms with Crippen molar-refractivity contribution in [1.29, 1.82) is 0 Å². The fourth-order valence-electron chi connectivity index (χ4n) is 2.10. The van der Waals surface area contributed by atoms with Crippen molar-refractivity contribution in [3.05, 3.63) is 18.1 Å². The van der Waals surface area contributed by atoms with Crippen LogP contribution in [0.5, 0.6) is 0 Å². The molecule has 1 aliphatic rings. The molecular formula is C11H16N4O. The van der Waals surface area contributed by atoms with Gasteiger partial charge < -0.3 is 10.6 Å². The minimum absolute atomic E-state index is 0.0263. The van der Waals surface area contributed by atoms with Gasteiger partial charge in [0.2, 0.25) is 5.91 Å². The van der Waals surface area contributed by atoms with Crippen molar-refractivity contribution in [2.75, 3.05) is 18.0 Å². The van der Waals surface area contributed by atoms with E-state index in [0.717, 1.165) is 37.3 Å². The lowest BCUT2D eigenvalue weighted by molar-refractivity contribution is -0.122. The van der Waals surface area contributed by atoms with E-state index in [9.17, 15) is 4.79 Å². The highest BCUT2D eigenvalue weighted by molar-refractivity contribution is 5.77. The summed E-state index contributed by atoms with van der Waals surface area (Å²) >= 11 is 0. The Hall–Kier alpha value is -1.65. The molecule has 0 radical (unpaired) electrons. The first kappa shape index (κ1) is 10.9. The molecule has 0 bridgehead atoms. The molecule has 0 saturated carbocycles. The molecule has 2 heterocycles. The Morgan fingerprint density at radius 1 is 1.50 bits per heavy atom. The van der Waals surface area contributed by atoms with Crippen LogP contribution in [0.3, 0.4) is 0 Å². The molecule has 1 fully saturated rings. The number of aromatic nitrogens is 2. The van der Waals surface area contributed by atoms with Crippen molar-refractivity contribution in [1.82, 2.24) is 9.97 Å². The van der Waals surface area contributed by atoms with Crippen molar-refractivity contribution in [3.8, 4) is 0 Å². The molecule has 0 aromatic carbocycles. The third-order valence-corrected chi connectivity index (χ3v) is 3.06. The van der Waals surface area contributed by atoms with Crippen molar-refractivity contribution >= 4 is 11.7 Å². The normalized spacial score (nSPS) is 17.4. The number of piperidine rings is 1. The number of anilines is 1. The molecular weight excluding hydrogens is 204 g/mol. The highest BCUT2D eigenvalue weighted by atomic mass is 16.1. The number of amides is 1. The monoisotopic (exact) mass is 220 g/mol. The summed E-state index contributed by atoms with van der Waals surface area (Å²) in [7, 11) is 0. The van der Waals surface area contributed by atoms with Gasteiger partial charge in [-0.1, -0.05) is 0 Å². The second-order valence-electron chi connectivity index (χ2n) is 4.19. The number of nitrogens with two attached hydrogens (primary N) is 1. The van der Waals surface area contributed by atoms with Crippen LogP contribution in [0.4, 0.5) is 5.82 Å². The average molecular weight is 220 g/mol. The Kier molecular flexibility index (Phi) is 3.03. The zero-order valence-electron chi connectivity index (χ0n) is 9.39. The lowest BCUT2D eigenvalue weighted by Gasteiger charge is -2.32. The summed E-state index contributed by atoms with van der Waals surface area (Å²) < 4.78 is 0. The Morgan fingerprint density at radius 2 is 2.19 bits per heavy atom. The quantitative estimate of drug-likeness (QED) is 0.787. The van der Waals surface area contributed by atoms with Gasteiger partial charge in [0.1, 0.15) is 12.1 Å². The molecule has 0 spiro atoms. The van der Waals surface area contributed by atoms with Crippen LogP contribution in [-0.4, -0.2) is 29.0 Å². The van der Waals surface area contributed by atoms with E-state index < -0.39 is 0 Å². The zero-order chi connectivity index (χ0) is 11.5. The zero-order valence-corrected chi connectivity index (χ0v) is 9.39. The van der Waals surface area contributed by atoms with E-state index in [-0.39, 0.29) is 11.8 Å². The molecule has 16 heavy (non-hydrogen) atoms. The van der Waals surface area contributed by atoms with Gasteiger partial charge in [0.05, 0.1) is 0 Å². The summed E-state index contributed by atoms with van der Waals surface area (Å²) in [4.78, 5) is 21.5. The van der Waals surface area contributed by atoms with E-state index in [1.807, 2.05) is 13.1 Å². The number of aryl methyl sites for hydroxylation is 1. The van der Waals surface area contributed by atoms with Crippen molar-refractivity contribution in [2.24, 2.45) is 11.7 Å². The summed E-state index contributed by atoms with van der Waals surface area (Å²) in [6.07, 6.45) is 5.00. The molecule has 2 rings (SSSR count). The van der Waals surface area contributed by atoms with Gasteiger partial charge >= 0.3 is 0 Å². The number of rotatable bonds is 2. The van der Waals surface area contributed by atoms with E-state index in [0.29, 0.717) is 0 Å². The van der Waals surface area contributed by atoms with Crippen LogP contribution >= 0.6 is 0 Å². The molecule has 2 N–H and O–H groups in total. The summed E-state index contributed by atoms with van der Waals surface area (Å²) in [5, 5.41) is 0. The summed E-state index contributed by atoms with van der Waals surface area (Å²) in [5.74, 6) is 0.815. The van der Waals surface area contributed by atoms with Crippen LogP contribution in [0.2, 0.25) is 0 Å². The highest BCUT2D eigenvalue weighted by Gasteiger charge is 2.24. The van der Waals surface area contributed by atoms with Gasteiger partial charge in [-0.15, -0.1) is 0 Å². The second-order valence-corrected chi connectivity index (χ2v) is 4.19. The Labute approximate surface area is 94.7 Å². The van der Waals surface area contributed by atoms with Crippen molar-refractivity contribution in [2.45, 2.75) is 19.8 Å². The van der Waals surface area contributed by atoms with Gasteiger partial charge in [0.15, 0.2) is 0 Å². The van der Waals surface area contributed by atoms with E-state index in [1.165, 1.54) is 0 Å². The molecule has 5 nitrogen and oxygen atoms in total. The summed E-state index contributed by atoms with van der Waals surface area (Å²) in [5.41, 5.74) is 6.37. The Morgan fingerprint density at radius 3 is 2.75 bits per heavy atom. The molecule has 1 aromatic rings. The van der Waals surface area contributed by atoms with Crippen LogP contribution in [0.1, 0.15) is 18.4 Å². The van der Waals surface area contributed by atoms with Crippen LogP contribution < -0.4 is 10.6 Å². The predicted octanol–water partition coefficient (Wildman–Crippen LogP) is 0.487. The molecule has 0 unspecified atom stereocenters. The van der Waals surface area contributed by atoms with Gasteiger partial charge in [0.25, 0.3) is 0 Å². The van der Waals surface area contributed by atoms with E-state index in [4.69, 9.17) is 5.73 Å². The number of carbonyl (C=O) groups is 1. The van der Waals surface area contributed by atoms with Crippen molar-refractivity contribution in [3.63, 3.8) is 0 Å². The number of hydrogen-bond donors (Lipinski definition) is 1. The topological polar surface area (TPSA) is 72.1 Å². The summed E-state index contributed by atoms with van der Waals surface area (Å²) in [6, 6.07) is 0. The van der Waals surface area contributed by atoms with Crippen molar-refractivity contribution < 1.29 is 4.79 Å². The number of carbonyl (C=O) groups excluding carboxylic acids is 1. The van der Waals surface area contributed by atoms with Crippen LogP contribution in [-0.2, 0) is 4.79 Å². The Balaban J connectivity index is 2.05. The van der Waals surface area contributed by atoms with Gasteiger partial charge in [-0.25, -0.2) is 9.97 Å². The smallest absolute Gasteiger partial charge is 0.220 e. The van der Waals surface area contributed by atoms with Crippen LogP contribution in [0, 0.1) is 12.8 Å².